The molecular weight excluding hydrogens is 582 g/mol. The van der Waals surface area contributed by atoms with Crippen LogP contribution in [-0.4, -0.2) is 79.6 Å². The molecule has 1 amide bonds. The highest BCUT2D eigenvalue weighted by Gasteiger charge is 2.29. The van der Waals surface area contributed by atoms with Crippen LogP contribution < -0.4 is 25.1 Å². The summed E-state index contributed by atoms with van der Waals surface area (Å²) in [5.41, 5.74) is 7.35. The summed E-state index contributed by atoms with van der Waals surface area (Å²) in [5, 5.41) is 3.03. The fourth-order valence-electron chi connectivity index (χ4n) is 6.86. The molecule has 246 valence electrons. The Labute approximate surface area is 271 Å². The van der Waals surface area contributed by atoms with Crippen molar-refractivity contribution in [1.29, 1.82) is 0 Å². The van der Waals surface area contributed by atoms with Crippen molar-refractivity contribution in [2.45, 2.75) is 59.2 Å². The number of H-pyrrole nitrogens is 1. The Balaban J connectivity index is 1.59. The number of hydrogen-bond acceptors (Lipinski definition) is 7. The van der Waals surface area contributed by atoms with Gasteiger partial charge in [-0.05, 0) is 102 Å². The van der Waals surface area contributed by atoms with Crippen LogP contribution in [0, 0.1) is 20.8 Å². The maximum Gasteiger partial charge on any atom is 0.253 e. The van der Waals surface area contributed by atoms with E-state index in [0.717, 1.165) is 65.1 Å². The molecule has 1 saturated heterocycles. The van der Waals surface area contributed by atoms with Crippen molar-refractivity contribution in [2.75, 3.05) is 48.5 Å². The molecule has 1 unspecified atom stereocenters. The molecule has 10 nitrogen and oxygen atoms in total. The van der Waals surface area contributed by atoms with E-state index in [4.69, 9.17) is 14.2 Å². The minimum Gasteiger partial charge on any atom is -0.493 e. The molecule has 2 N–H and O–H groups in total. The van der Waals surface area contributed by atoms with E-state index in [0.29, 0.717) is 34.4 Å². The van der Waals surface area contributed by atoms with E-state index in [1.165, 1.54) is 0 Å². The summed E-state index contributed by atoms with van der Waals surface area (Å²) in [4.78, 5) is 34.2. The molecule has 46 heavy (non-hydrogen) atoms. The molecule has 1 atom stereocenters. The van der Waals surface area contributed by atoms with Gasteiger partial charge in [-0.15, -0.1) is 0 Å². The topological polar surface area (TPSA) is 101 Å². The average molecular weight is 630 g/mol. The minimum atomic E-state index is -0.213. The van der Waals surface area contributed by atoms with E-state index < -0.39 is 0 Å². The number of hydrogen-bond donors (Lipinski definition) is 2. The van der Waals surface area contributed by atoms with E-state index in [2.05, 4.69) is 57.8 Å². The number of pyridine rings is 2. The predicted octanol–water partition coefficient (Wildman–Crippen LogP) is 5.26. The molecule has 1 aliphatic rings. The molecule has 0 bridgehead atoms. The summed E-state index contributed by atoms with van der Waals surface area (Å²) in [6, 6.07) is 10.4. The summed E-state index contributed by atoms with van der Waals surface area (Å²) in [6.45, 7) is 10.1. The van der Waals surface area contributed by atoms with E-state index >= 15 is 0 Å². The molecular formula is C36H47N5O5. The third-order valence-electron chi connectivity index (χ3n) is 9.52. The van der Waals surface area contributed by atoms with Gasteiger partial charge < -0.3 is 33.8 Å². The molecule has 3 aromatic heterocycles. The zero-order chi connectivity index (χ0) is 33.3. The molecule has 0 aliphatic carbocycles. The van der Waals surface area contributed by atoms with Crippen LogP contribution in [0.1, 0.15) is 64.2 Å². The van der Waals surface area contributed by atoms with Gasteiger partial charge in [0.25, 0.3) is 11.5 Å². The second-order valence-electron chi connectivity index (χ2n) is 12.5. The standard InChI is InChI=1S/C36H47N5O5/c1-21-14-22(2)38-36(43)30(21)19-37-35(42)29-18-28-15-26(25-16-31(44-7)34(46-9)32(17-25)45-8)20-41(28)33(23(29)3)24(4)40-12-10-27(11-13-40)39(5)6/h14-18,20,24,27H,10-13,19H2,1-9H3,(H,37,42)(H,38,43). The van der Waals surface area contributed by atoms with Crippen molar-refractivity contribution in [3.8, 4) is 28.4 Å². The number of aryl methyl sites for hydroxylation is 2. The lowest BCUT2D eigenvalue weighted by Crippen LogP contribution is -2.43. The lowest BCUT2D eigenvalue weighted by atomic mass is 9.97. The van der Waals surface area contributed by atoms with Gasteiger partial charge in [0, 0.05) is 71.5 Å². The molecule has 1 aliphatic heterocycles. The van der Waals surface area contributed by atoms with Crippen LogP contribution in [0.4, 0.5) is 0 Å². The molecule has 4 aromatic rings. The molecule has 1 aromatic carbocycles. The highest BCUT2D eigenvalue weighted by Crippen LogP contribution is 2.42. The lowest BCUT2D eigenvalue weighted by Gasteiger charge is -2.39. The van der Waals surface area contributed by atoms with Crippen LogP contribution in [0.15, 0.2) is 41.3 Å². The number of likely N-dealkylation sites (tertiary alicyclic amines) is 1. The fraction of sp³-hybridized carbons (Fsp3) is 0.444. The normalized spacial score (nSPS) is 14.9. The number of aromatic amines is 1. The van der Waals surface area contributed by atoms with Crippen molar-refractivity contribution in [1.82, 2.24) is 24.5 Å². The number of carbonyl (C=O) groups excluding carboxylic acids is 1. The molecule has 0 spiro atoms. The van der Waals surface area contributed by atoms with Crippen molar-refractivity contribution < 1.29 is 19.0 Å². The van der Waals surface area contributed by atoms with Gasteiger partial charge in [-0.3, -0.25) is 14.5 Å². The maximum absolute atomic E-state index is 13.9. The third-order valence-corrected chi connectivity index (χ3v) is 9.52. The first kappa shape index (κ1) is 33.1. The number of carbonyl (C=O) groups is 1. The Kier molecular flexibility index (Phi) is 9.79. The molecule has 0 saturated carbocycles. The first-order valence-electron chi connectivity index (χ1n) is 15.8. The first-order chi connectivity index (χ1) is 22.0. The number of rotatable bonds is 10. The Morgan fingerprint density at radius 2 is 1.63 bits per heavy atom. The van der Waals surface area contributed by atoms with Gasteiger partial charge in [-0.25, -0.2) is 0 Å². The Morgan fingerprint density at radius 1 is 0.978 bits per heavy atom. The number of ether oxygens (including phenoxy) is 3. The minimum absolute atomic E-state index is 0.0562. The van der Waals surface area contributed by atoms with Crippen LogP contribution in [0.25, 0.3) is 16.6 Å². The Morgan fingerprint density at radius 3 is 2.20 bits per heavy atom. The van der Waals surface area contributed by atoms with E-state index in [9.17, 15) is 9.59 Å². The molecule has 10 heteroatoms. The van der Waals surface area contributed by atoms with E-state index in [-0.39, 0.29) is 24.1 Å². The van der Waals surface area contributed by atoms with Crippen LogP contribution in [0.2, 0.25) is 0 Å². The maximum atomic E-state index is 13.9. The summed E-state index contributed by atoms with van der Waals surface area (Å²) in [6.07, 6.45) is 4.30. The van der Waals surface area contributed by atoms with Crippen molar-refractivity contribution in [3.05, 3.63) is 80.5 Å². The van der Waals surface area contributed by atoms with Gasteiger partial charge in [-0.1, -0.05) is 0 Å². The molecule has 0 radical (unpaired) electrons. The number of methoxy groups -OCH3 is 3. The monoisotopic (exact) mass is 629 g/mol. The molecule has 5 rings (SSSR count). The highest BCUT2D eigenvalue weighted by atomic mass is 16.5. The summed E-state index contributed by atoms with van der Waals surface area (Å²) in [7, 11) is 9.10. The predicted molar refractivity (Wildman–Crippen MR) is 182 cm³/mol. The largest absolute Gasteiger partial charge is 0.493 e. The second kappa shape index (κ2) is 13.6. The van der Waals surface area contributed by atoms with E-state index in [1.54, 1.807) is 21.3 Å². The summed E-state index contributed by atoms with van der Waals surface area (Å²) >= 11 is 0. The van der Waals surface area contributed by atoms with Crippen molar-refractivity contribution in [3.63, 3.8) is 0 Å². The zero-order valence-corrected chi connectivity index (χ0v) is 28.5. The van der Waals surface area contributed by atoms with Gasteiger partial charge in [0.05, 0.1) is 21.3 Å². The van der Waals surface area contributed by atoms with Crippen LogP contribution >= 0.6 is 0 Å². The van der Waals surface area contributed by atoms with Gasteiger partial charge in [-0.2, -0.15) is 0 Å². The Bertz CT molecular complexity index is 1770. The fourth-order valence-corrected chi connectivity index (χ4v) is 6.86. The molecule has 4 heterocycles. The number of fused-ring (bicyclic) bond motifs is 1. The van der Waals surface area contributed by atoms with Gasteiger partial charge >= 0.3 is 0 Å². The third kappa shape index (κ3) is 6.37. The number of aromatic nitrogens is 2. The van der Waals surface area contributed by atoms with Crippen LogP contribution in [0.3, 0.4) is 0 Å². The number of amides is 1. The van der Waals surface area contributed by atoms with Crippen LogP contribution in [-0.2, 0) is 6.54 Å². The summed E-state index contributed by atoms with van der Waals surface area (Å²) in [5.74, 6) is 1.46. The number of piperidine rings is 1. The van der Waals surface area contributed by atoms with Crippen molar-refractivity contribution >= 4 is 11.4 Å². The SMILES string of the molecule is COc1cc(-c2cc3cc(C(=O)NCc4c(C)cc(C)[nH]c4=O)c(C)c(C(C)N4CCC(N(C)C)CC4)n3c2)cc(OC)c1OC. The molecule has 1 fully saturated rings. The number of nitrogens with one attached hydrogen (secondary N) is 2. The van der Waals surface area contributed by atoms with Gasteiger partial charge in [0.1, 0.15) is 0 Å². The lowest BCUT2D eigenvalue weighted by molar-refractivity contribution is 0.0948. The second-order valence-corrected chi connectivity index (χ2v) is 12.5. The quantitative estimate of drug-likeness (QED) is 0.247. The Hall–Kier alpha value is -4.28. The number of nitrogens with zero attached hydrogens (tertiary/aromatic N) is 3. The van der Waals surface area contributed by atoms with Crippen molar-refractivity contribution in [2.24, 2.45) is 0 Å². The zero-order valence-electron chi connectivity index (χ0n) is 28.5. The van der Waals surface area contributed by atoms with Crippen LogP contribution in [0.5, 0.6) is 17.2 Å². The highest BCUT2D eigenvalue weighted by molar-refractivity contribution is 5.97. The first-order valence-corrected chi connectivity index (χ1v) is 15.8. The average Bonchev–Trinajstić information content (AvgIpc) is 3.46. The van der Waals surface area contributed by atoms with E-state index in [1.807, 2.05) is 45.0 Å². The summed E-state index contributed by atoms with van der Waals surface area (Å²) < 4.78 is 19.0. The van der Waals surface area contributed by atoms with Gasteiger partial charge in [0.15, 0.2) is 11.5 Å². The number of benzene rings is 1. The van der Waals surface area contributed by atoms with Gasteiger partial charge in [0.2, 0.25) is 5.75 Å². The smallest absolute Gasteiger partial charge is 0.253 e.